The Kier molecular flexibility index (Phi) is 18.3. The molecule has 143 valence electrons. The van der Waals surface area contributed by atoms with Crippen LogP contribution in [0.1, 0.15) is 0 Å². The van der Waals surface area contributed by atoms with Crippen LogP contribution in [0.2, 0.25) is 13.1 Å². The Labute approximate surface area is 199 Å². The van der Waals surface area contributed by atoms with E-state index < -0.39 is 0 Å². The van der Waals surface area contributed by atoms with Crippen LogP contribution in [0.25, 0.3) is 22.3 Å². The van der Waals surface area contributed by atoms with Crippen LogP contribution in [-0.4, -0.2) is 9.52 Å². The molecule has 0 unspecified atom stereocenters. The Morgan fingerprint density at radius 2 is 0.857 bits per heavy atom. The maximum absolute atomic E-state index is 2.21. The van der Waals surface area contributed by atoms with E-state index in [0.29, 0.717) is 0 Å². The molecule has 0 atom stereocenters. The standard InChI is InChI=1S/2C11H9.C2H7Si.2ClH.Ti/c2*1-2-6-10(7-3-1)11-8-4-5-9-11;1-3-2;;;/h2*1-9H;3H,1-2H3;2*1H;/q2*-1;;;;+4/p-2. The van der Waals surface area contributed by atoms with E-state index >= 15 is 0 Å². The van der Waals surface area contributed by atoms with E-state index in [1.165, 1.54) is 22.3 Å². The maximum atomic E-state index is 2.21. The fraction of sp³-hybridized carbons (Fsp3) is 0.0833. The van der Waals surface area contributed by atoms with Crippen LogP contribution in [0.3, 0.4) is 0 Å². The van der Waals surface area contributed by atoms with Crippen molar-refractivity contribution in [1.29, 1.82) is 0 Å². The maximum Gasteiger partial charge on any atom is 4.00 e. The van der Waals surface area contributed by atoms with Crippen molar-refractivity contribution in [3.8, 4) is 22.3 Å². The van der Waals surface area contributed by atoms with Crippen LogP contribution in [-0.2, 0) is 21.7 Å². The predicted octanol–water partition coefficient (Wildman–Crippen LogP) is 0.670. The van der Waals surface area contributed by atoms with Gasteiger partial charge in [0.05, 0.1) is 0 Å². The third-order valence-corrected chi connectivity index (χ3v) is 3.54. The summed E-state index contributed by atoms with van der Waals surface area (Å²) in [5.74, 6) is 0. The zero-order valence-corrected chi connectivity index (χ0v) is 20.5. The minimum Gasteiger partial charge on any atom is -1.00 e. The van der Waals surface area contributed by atoms with Gasteiger partial charge in [0, 0.05) is 9.52 Å². The summed E-state index contributed by atoms with van der Waals surface area (Å²) in [6.07, 6.45) is 0. The first-order valence-corrected chi connectivity index (χ1v) is 10.9. The van der Waals surface area contributed by atoms with Crippen molar-refractivity contribution in [2.24, 2.45) is 0 Å². The van der Waals surface area contributed by atoms with Crippen molar-refractivity contribution in [1.82, 2.24) is 0 Å². The fourth-order valence-corrected chi connectivity index (χ4v) is 2.39. The second-order valence-corrected chi connectivity index (χ2v) is 6.81. The largest absolute Gasteiger partial charge is 4.00 e. The zero-order valence-electron chi connectivity index (χ0n) is 16.2. The van der Waals surface area contributed by atoms with Gasteiger partial charge in [-0.05, 0) is 0 Å². The third kappa shape index (κ3) is 10.3. The van der Waals surface area contributed by atoms with Crippen molar-refractivity contribution in [3.63, 3.8) is 0 Å². The molecule has 0 aliphatic carbocycles. The summed E-state index contributed by atoms with van der Waals surface area (Å²) in [5.41, 5.74) is 5.17. The molecule has 0 amide bonds. The quantitative estimate of drug-likeness (QED) is 0.305. The molecule has 0 bridgehead atoms. The van der Waals surface area contributed by atoms with Crippen molar-refractivity contribution < 1.29 is 46.5 Å². The van der Waals surface area contributed by atoms with Crippen molar-refractivity contribution >= 4 is 9.52 Å². The van der Waals surface area contributed by atoms with Gasteiger partial charge < -0.3 is 24.8 Å². The van der Waals surface area contributed by atoms with Crippen molar-refractivity contribution in [2.45, 2.75) is 13.1 Å². The summed E-state index contributed by atoms with van der Waals surface area (Å²) in [6, 6.07) is 37.5. The van der Waals surface area contributed by atoms with Crippen LogP contribution < -0.4 is 24.8 Å². The van der Waals surface area contributed by atoms with Gasteiger partial charge in [0.15, 0.2) is 0 Å². The summed E-state index contributed by atoms with van der Waals surface area (Å²) < 4.78 is 0. The van der Waals surface area contributed by atoms with Crippen LogP contribution >= 0.6 is 0 Å². The Hall–Kier alpha value is -1.35. The van der Waals surface area contributed by atoms with E-state index in [2.05, 4.69) is 110 Å². The monoisotopic (exact) mass is 459 g/mol. The smallest absolute Gasteiger partial charge is 1.00 e. The molecule has 4 aromatic rings. The molecule has 0 aliphatic heterocycles. The van der Waals surface area contributed by atoms with Crippen LogP contribution in [0.15, 0.2) is 109 Å². The van der Waals surface area contributed by atoms with Crippen molar-refractivity contribution in [2.75, 3.05) is 0 Å². The Bertz CT molecular complexity index is 714. The van der Waals surface area contributed by atoms with E-state index in [-0.39, 0.29) is 46.5 Å². The molecule has 4 heteroatoms. The number of rotatable bonds is 2. The Morgan fingerprint density at radius 3 is 1.11 bits per heavy atom. The molecule has 0 aliphatic rings. The van der Waals surface area contributed by atoms with Crippen LogP contribution in [0.5, 0.6) is 0 Å². The third-order valence-electron chi connectivity index (χ3n) is 3.54. The molecule has 0 fully saturated rings. The number of benzene rings is 2. The van der Waals surface area contributed by atoms with E-state index in [1.54, 1.807) is 0 Å². The second-order valence-electron chi connectivity index (χ2n) is 5.66. The average molecular weight is 460 g/mol. The summed E-state index contributed by atoms with van der Waals surface area (Å²) >= 11 is 0. The first kappa shape index (κ1) is 28.9. The van der Waals surface area contributed by atoms with E-state index in [9.17, 15) is 0 Å². The van der Waals surface area contributed by atoms with Gasteiger partial charge in [-0.1, -0.05) is 73.8 Å². The molecule has 28 heavy (non-hydrogen) atoms. The molecular formula is C24H25Cl2SiTi. The van der Waals surface area contributed by atoms with Gasteiger partial charge >= 0.3 is 21.7 Å². The molecule has 0 spiro atoms. The topological polar surface area (TPSA) is 0 Å². The van der Waals surface area contributed by atoms with Gasteiger partial charge in [0.1, 0.15) is 0 Å². The van der Waals surface area contributed by atoms with Gasteiger partial charge in [-0.15, -0.1) is 23.3 Å². The second kappa shape index (κ2) is 17.7. The normalized spacial score (nSPS) is 8.36. The summed E-state index contributed by atoms with van der Waals surface area (Å²) in [4.78, 5) is 0. The van der Waals surface area contributed by atoms with E-state index in [1.807, 2.05) is 12.1 Å². The summed E-state index contributed by atoms with van der Waals surface area (Å²) in [5, 5.41) is 0. The minimum absolute atomic E-state index is 0. The van der Waals surface area contributed by atoms with Crippen molar-refractivity contribution in [3.05, 3.63) is 109 Å². The van der Waals surface area contributed by atoms with Crippen LogP contribution in [0, 0.1) is 0 Å². The fourth-order valence-electron chi connectivity index (χ4n) is 2.39. The molecule has 0 heterocycles. The molecule has 0 N–H and O–H groups in total. The predicted molar refractivity (Wildman–Crippen MR) is 114 cm³/mol. The van der Waals surface area contributed by atoms with Gasteiger partial charge in [-0.3, -0.25) is 0 Å². The minimum atomic E-state index is 0. The molecule has 1 radical (unpaired) electrons. The van der Waals surface area contributed by atoms with Gasteiger partial charge in [-0.25, -0.2) is 0 Å². The number of hydrogen-bond donors (Lipinski definition) is 0. The molecule has 4 aromatic carbocycles. The molecule has 0 saturated heterocycles. The number of halogens is 2. The summed E-state index contributed by atoms with van der Waals surface area (Å²) in [7, 11) is 0.750. The SMILES string of the molecule is C[SiH]C.[Cl-].[Cl-].[Ti+4].c1ccc(-c2ccc[cH-]2)cc1.c1ccc(-c2ccc[cH-]2)cc1. The van der Waals surface area contributed by atoms with Gasteiger partial charge in [-0.2, -0.15) is 47.5 Å². The Balaban J connectivity index is 0. The first-order chi connectivity index (χ1) is 12.3. The van der Waals surface area contributed by atoms with Gasteiger partial charge in [0.2, 0.25) is 0 Å². The molecule has 0 nitrogen and oxygen atoms in total. The van der Waals surface area contributed by atoms with Gasteiger partial charge in [0.25, 0.3) is 0 Å². The zero-order chi connectivity index (χ0) is 17.7. The molecule has 4 rings (SSSR count). The number of hydrogen-bond acceptors (Lipinski definition) is 0. The molecule has 0 aromatic heterocycles. The van der Waals surface area contributed by atoms with E-state index in [4.69, 9.17) is 0 Å². The van der Waals surface area contributed by atoms with Crippen LogP contribution in [0.4, 0.5) is 0 Å². The molecular weight excluding hydrogens is 435 g/mol. The van der Waals surface area contributed by atoms with E-state index in [0.717, 1.165) is 9.52 Å². The first-order valence-electron chi connectivity index (χ1n) is 8.63. The molecule has 0 saturated carbocycles. The summed E-state index contributed by atoms with van der Waals surface area (Å²) in [6.45, 7) is 4.42. The average Bonchev–Trinajstić information content (AvgIpc) is 3.39. The Morgan fingerprint density at radius 1 is 0.536 bits per heavy atom.